The van der Waals surface area contributed by atoms with Crippen molar-refractivity contribution in [2.75, 3.05) is 23.8 Å². The average Bonchev–Trinajstić information content (AvgIpc) is 3.29. The Morgan fingerprint density at radius 2 is 2.24 bits per heavy atom. The Labute approximate surface area is 144 Å². The first kappa shape index (κ1) is 15.6. The molecule has 0 radical (unpaired) electrons. The van der Waals surface area contributed by atoms with Gasteiger partial charge in [-0.3, -0.25) is 14.3 Å². The van der Waals surface area contributed by atoms with Gasteiger partial charge in [0.15, 0.2) is 5.82 Å². The highest BCUT2D eigenvalue weighted by Gasteiger charge is 2.53. The first-order valence-corrected chi connectivity index (χ1v) is 8.22. The summed E-state index contributed by atoms with van der Waals surface area (Å²) in [6, 6.07) is 8.76. The van der Waals surface area contributed by atoms with Gasteiger partial charge < -0.3 is 21.1 Å². The molecule has 1 fully saturated rings. The fourth-order valence-electron chi connectivity index (χ4n) is 3.60. The number of para-hydroxylation sites is 1. The number of carbonyl (C=O) groups excluding carboxylic acids is 2. The van der Waals surface area contributed by atoms with Crippen molar-refractivity contribution in [2.45, 2.75) is 24.4 Å². The Hall–Kier alpha value is -2.87. The molecular formula is C17H19N5O3. The van der Waals surface area contributed by atoms with E-state index < -0.39 is 11.5 Å². The second-order valence-electron chi connectivity index (χ2n) is 6.39. The van der Waals surface area contributed by atoms with E-state index in [9.17, 15) is 9.59 Å². The molecule has 8 heteroatoms. The van der Waals surface area contributed by atoms with E-state index in [2.05, 4.69) is 21.0 Å². The van der Waals surface area contributed by atoms with E-state index in [4.69, 9.17) is 5.11 Å². The standard InChI is InChI=1S/C17H19N5O3/c23-8-7-22-6-5-14(21-22)20-15(24)13-9-17(16(25)19-13)10-18-12-4-2-1-3-11(12)17/h1-6,13,18,23H,7-10H2,(H,19,25)(H,20,21,24). The maximum absolute atomic E-state index is 12.6. The lowest BCUT2D eigenvalue weighted by Crippen LogP contribution is -2.39. The third-order valence-electron chi connectivity index (χ3n) is 4.85. The molecule has 1 spiro atoms. The summed E-state index contributed by atoms with van der Waals surface area (Å²) in [6.45, 7) is 0.831. The van der Waals surface area contributed by atoms with Crippen LogP contribution < -0.4 is 16.0 Å². The van der Waals surface area contributed by atoms with Crippen LogP contribution in [0.2, 0.25) is 0 Å². The summed E-state index contributed by atoms with van der Waals surface area (Å²) < 4.78 is 1.54. The predicted octanol–water partition coefficient (Wildman–Crippen LogP) is 0.0659. The molecule has 0 aliphatic carbocycles. The lowest BCUT2D eigenvalue weighted by atomic mass is 9.79. The number of fused-ring (bicyclic) bond motifs is 2. The van der Waals surface area contributed by atoms with Crippen LogP contribution in [0, 0.1) is 0 Å². The maximum atomic E-state index is 12.6. The fourth-order valence-corrected chi connectivity index (χ4v) is 3.60. The molecule has 130 valence electrons. The summed E-state index contributed by atoms with van der Waals surface area (Å²) in [4.78, 5) is 25.2. The molecule has 2 unspecified atom stereocenters. The molecule has 4 N–H and O–H groups in total. The van der Waals surface area contributed by atoms with Crippen LogP contribution in [0.25, 0.3) is 0 Å². The Kier molecular flexibility index (Phi) is 3.69. The van der Waals surface area contributed by atoms with E-state index in [0.29, 0.717) is 25.3 Å². The zero-order valence-corrected chi connectivity index (χ0v) is 13.5. The largest absolute Gasteiger partial charge is 0.394 e. The van der Waals surface area contributed by atoms with Gasteiger partial charge in [0, 0.05) is 24.5 Å². The van der Waals surface area contributed by atoms with Crippen LogP contribution in [0.1, 0.15) is 12.0 Å². The monoisotopic (exact) mass is 341 g/mol. The number of benzene rings is 1. The van der Waals surface area contributed by atoms with Crippen LogP contribution in [0.3, 0.4) is 0 Å². The molecule has 2 aliphatic heterocycles. The number of carbonyl (C=O) groups is 2. The average molecular weight is 341 g/mol. The number of hydrogen-bond acceptors (Lipinski definition) is 5. The molecule has 3 heterocycles. The van der Waals surface area contributed by atoms with Gasteiger partial charge in [-0.15, -0.1) is 0 Å². The number of hydrogen-bond donors (Lipinski definition) is 4. The highest BCUT2D eigenvalue weighted by atomic mass is 16.3. The molecule has 4 rings (SSSR count). The van der Waals surface area contributed by atoms with E-state index in [-0.39, 0.29) is 18.4 Å². The predicted molar refractivity (Wildman–Crippen MR) is 91.1 cm³/mol. The Bertz CT molecular complexity index is 833. The number of amides is 2. The van der Waals surface area contributed by atoms with E-state index >= 15 is 0 Å². The van der Waals surface area contributed by atoms with Crippen LogP contribution in [-0.4, -0.2) is 45.9 Å². The van der Waals surface area contributed by atoms with Crippen molar-refractivity contribution in [3.63, 3.8) is 0 Å². The van der Waals surface area contributed by atoms with Crippen molar-refractivity contribution in [3.05, 3.63) is 42.1 Å². The number of aromatic nitrogens is 2. The van der Waals surface area contributed by atoms with Gasteiger partial charge in [0.2, 0.25) is 11.8 Å². The van der Waals surface area contributed by atoms with Gasteiger partial charge in [-0.05, 0) is 18.1 Å². The van der Waals surface area contributed by atoms with E-state index in [1.165, 1.54) is 0 Å². The van der Waals surface area contributed by atoms with Gasteiger partial charge in [-0.1, -0.05) is 18.2 Å². The van der Waals surface area contributed by atoms with Crippen LogP contribution in [0.15, 0.2) is 36.5 Å². The number of aliphatic hydroxyl groups is 1. The number of rotatable bonds is 4. The number of aliphatic hydroxyl groups excluding tert-OH is 1. The summed E-state index contributed by atoms with van der Waals surface area (Å²) in [5.74, 6) is -0.0154. The smallest absolute Gasteiger partial charge is 0.248 e. The summed E-state index contributed by atoms with van der Waals surface area (Å²) in [5.41, 5.74) is 1.19. The minimum Gasteiger partial charge on any atom is -0.394 e. The zero-order valence-electron chi connectivity index (χ0n) is 13.5. The Morgan fingerprint density at radius 3 is 3.08 bits per heavy atom. The van der Waals surface area contributed by atoms with E-state index in [0.717, 1.165) is 11.3 Å². The molecule has 1 aromatic carbocycles. The number of nitrogens with one attached hydrogen (secondary N) is 3. The Balaban J connectivity index is 1.50. The van der Waals surface area contributed by atoms with Gasteiger partial charge in [0.1, 0.15) is 6.04 Å². The zero-order chi connectivity index (χ0) is 17.4. The summed E-state index contributed by atoms with van der Waals surface area (Å²) >= 11 is 0. The molecular weight excluding hydrogens is 322 g/mol. The molecule has 2 aromatic rings. The fraction of sp³-hybridized carbons (Fsp3) is 0.353. The SMILES string of the molecule is O=C(Nc1ccn(CCO)n1)C1CC2(CNc3ccccc32)C(=O)N1. The van der Waals surface area contributed by atoms with Crippen LogP contribution in [0.4, 0.5) is 11.5 Å². The minimum absolute atomic E-state index is 0.0251. The highest BCUT2D eigenvalue weighted by Crippen LogP contribution is 2.43. The molecule has 2 atom stereocenters. The third-order valence-corrected chi connectivity index (χ3v) is 4.85. The molecule has 8 nitrogen and oxygen atoms in total. The molecule has 2 aliphatic rings. The quantitative estimate of drug-likeness (QED) is 0.629. The molecule has 1 aromatic heterocycles. The Morgan fingerprint density at radius 1 is 1.40 bits per heavy atom. The van der Waals surface area contributed by atoms with Gasteiger partial charge in [0.05, 0.1) is 18.6 Å². The van der Waals surface area contributed by atoms with Crippen molar-refractivity contribution in [2.24, 2.45) is 0 Å². The molecule has 1 saturated heterocycles. The van der Waals surface area contributed by atoms with Crippen molar-refractivity contribution in [3.8, 4) is 0 Å². The first-order chi connectivity index (χ1) is 12.1. The second kappa shape index (κ2) is 5.89. The van der Waals surface area contributed by atoms with Crippen molar-refractivity contribution in [1.29, 1.82) is 0 Å². The van der Waals surface area contributed by atoms with Crippen LogP contribution in [-0.2, 0) is 21.5 Å². The number of nitrogens with zero attached hydrogens (tertiary/aromatic N) is 2. The molecule has 0 bridgehead atoms. The summed E-state index contributed by atoms with van der Waals surface area (Å²) in [7, 11) is 0. The topological polar surface area (TPSA) is 108 Å². The summed E-state index contributed by atoms with van der Waals surface area (Å²) in [5, 5.41) is 21.9. The number of anilines is 2. The third kappa shape index (κ3) is 2.54. The van der Waals surface area contributed by atoms with E-state index in [1.54, 1.807) is 16.9 Å². The normalized spacial score (nSPS) is 24.0. The first-order valence-electron chi connectivity index (χ1n) is 8.22. The minimum atomic E-state index is -0.700. The van der Waals surface area contributed by atoms with Crippen molar-refractivity contribution in [1.82, 2.24) is 15.1 Å². The van der Waals surface area contributed by atoms with Crippen molar-refractivity contribution < 1.29 is 14.7 Å². The lowest BCUT2D eigenvalue weighted by Gasteiger charge is -2.19. The van der Waals surface area contributed by atoms with Gasteiger partial charge in [-0.25, -0.2) is 0 Å². The van der Waals surface area contributed by atoms with Crippen LogP contribution in [0.5, 0.6) is 0 Å². The van der Waals surface area contributed by atoms with Crippen molar-refractivity contribution >= 4 is 23.3 Å². The van der Waals surface area contributed by atoms with E-state index in [1.807, 2.05) is 24.3 Å². The lowest BCUT2D eigenvalue weighted by molar-refractivity contribution is -0.125. The molecule has 0 saturated carbocycles. The highest BCUT2D eigenvalue weighted by molar-refractivity contribution is 6.03. The van der Waals surface area contributed by atoms with Crippen LogP contribution >= 0.6 is 0 Å². The maximum Gasteiger partial charge on any atom is 0.248 e. The van der Waals surface area contributed by atoms with Gasteiger partial charge in [0.25, 0.3) is 0 Å². The summed E-state index contributed by atoms with van der Waals surface area (Å²) in [6.07, 6.45) is 2.08. The molecule has 2 amide bonds. The second-order valence-corrected chi connectivity index (χ2v) is 6.39. The van der Waals surface area contributed by atoms with Gasteiger partial charge >= 0.3 is 0 Å². The van der Waals surface area contributed by atoms with Gasteiger partial charge in [-0.2, -0.15) is 5.10 Å². The molecule has 25 heavy (non-hydrogen) atoms.